The predicted molar refractivity (Wildman–Crippen MR) is 84.0 cm³/mol. The third-order valence-electron chi connectivity index (χ3n) is 4.26. The van der Waals surface area contributed by atoms with E-state index in [1.54, 1.807) is 0 Å². The molecular weight excluding hydrogens is 254 g/mol. The highest BCUT2D eigenvalue weighted by Crippen LogP contribution is 2.42. The molecule has 0 saturated heterocycles. The zero-order valence-corrected chi connectivity index (χ0v) is 12.9. The average Bonchev–Trinajstić information content (AvgIpc) is 2.89. The molecule has 4 heteroatoms. The van der Waals surface area contributed by atoms with E-state index in [1.807, 2.05) is 18.4 Å². The van der Waals surface area contributed by atoms with Crippen LogP contribution in [0.15, 0.2) is 22.5 Å². The van der Waals surface area contributed by atoms with Crippen molar-refractivity contribution in [3.63, 3.8) is 0 Å². The molecule has 2 rings (SSSR count). The molecule has 106 valence electrons. The first kappa shape index (κ1) is 14.4. The molecule has 1 aliphatic rings. The average molecular weight is 279 g/mol. The summed E-state index contributed by atoms with van der Waals surface area (Å²) in [4.78, 5) is 5.72. The Morgan fingerprint density at radius 3 is 2.79 bits per heavy atom. The highest BCUT2D eigenvalue weighted by atomic mass is 32.1. The van der Waals surface area contributed by atoms with Crippen molar-refractivity contribution in [2.45, 2.75) is 39.0 Å². The van der Waals surface area contributed by atoms with Crippen molar-refractivity contribution >= 4 is 17.3 Å². The van der Waals surface area contributed by atoms with E-state index in [0.29, 0.717) is 5.41 Å². The minimum atomic E-state index is 0.533. The predicted octanol–water partition coefficient (Wildman–Crippen LogP) is 3.04. The molecule has 1 saturated carbocycles. The van der Waals surface area contributed by atoms with Crippen LogP contribution in [0.25, 0.3) is 0 Å². The number of thiophene rings is 1. The summed E-state index contributed by atoms with van der Waals surface area (Å²) < 4.78 is 0. The molecule has 1 aromatic heterocycles. The van der Waals surface area contributed by atoms with Gasteiger partial charge in [-0.15, -0.1) is 11.3 Å². The maximum Gasteiger partial charge on any atom is 0.191 e. The van der Waals surface area contributed by atoms with E-state index in [4.69, 9.17) is 0 Å². The Morgan fingerprint density at radius 2 is 2.26 bits per heavy atom. The van der Waals surface area contributed by atoms with Gasteiger partial charge in [-0.3, -0.25) is 4.99 Å². The van der Waals surface area contributed by atoms with Gasteiger partial charge in [0.1, 0.15) is 0 Å². The lowest BCUT2D eigenvalue weighted by Gasteiger charge is -2.41. The van der Waals surface area contributed by atoms with Crippen LogP contribution in [0.1, 0.15) is 37.5 Å². The van der Waals surface area contributed by atoms with Gasteiger partial charge in [0.15, 0.2) is 5.96 Å². The fraction of sp³-hybridized carbons (Fsp3) is 0.667. The maximum atomic E-state index is 4.30. The Kier molecular flexibility index (Phi) is 5.25. The van der Waals surface area contributed by atoms with Crippen LogP contribution in [0.2, 0.25) is 0 Å². The summed E-state index contributed by atoms with van der Waals surface area (Å²) in [5, 5.41) is 9.01. The molecule has 0 unspecified atom stereocenters. The number of hydrogen-bond donors (Lipinski definition) is 2. The number of aliphatic imine (C=N–C) groups is 1. The summed E-state index contributed by atoms with van der Waals surface area (Å²) in [7, 11) is 1.85. The molecule has 0 spiro atoms. The summed E-state index contributed by atoms with van der Waals surface area (Å²) >= 11 is 1.82. The zero-order valence-electron chi connectivity index (χ0n) is 12.0. The fourth-order valence-electron chi connectivity index (χ4n) is 2.58. The van der Waals surface area contributed by atoms with Crippen LogP contribution >= 0.6 is 11.3 Å². The van der Waals surface area contributed by atoms with Crippen LogP contribution in [0.3, 0.4) is 0 Å². The van der Waals surface area contributed by atoms with Crippen LogP contribution in [0.4, 0.5) is 0 Å². The molecule has 1 aliphatic carbocycles. The molecule has 0 aliphatic heterocycles. The first-order valence-corrected chi connectivity index (χ1v) is 8.13. The van der Waals surface area contributed by atoms with Crippen LogP contribution in [0, 0.1) is 5.41 Å². The standard InChI is InChI=1S/C15H25N3S/c1-3-15(8-5-9-15)12-18-14(16-2)17-10-7-13-6-4-11-19-13/h4,6,11H,3,5,7-10,12H2,1-2H3,(H2,16,17,18). The van der Waals surface area contributed by atoms with E-state index in [2.05, 4.69) is 40.1 Å². The third kappa shape index (κ3) is 3.96. The van der Waals surface area contributed by atoms with Crippen LogP contribution in [0.5, 0.6) is 0 Å². The van der Waals surface area contributed by atoms with Gasteiger partial charge in [0.05, 0.1) is 0 Å². The maximum absolute atomic E-state index is 4.30. The van der Waals surface area contributed by atoms with E-state index in [0.717, 1.165) is 25.5 Å². The second kappa shape index (κ2) is 6.94. The Hall–Kier alpha value is -1.03. The monoisotopic (exact) mass is 279 g/mol. The van der Waals surface area contributed by atoms with Gasteiger partial charge in [-0.1, -0.05) is 19.4 Å². The molecule has 3 nitrogen and oxygen atoms in total. The van der Waals surface area contributed by atoms with Crippen LogP contribution in [-0.2, 0) is 6.42 Å². The van der Waals surface area contributed by atoms with Crippen LogP contribution < -0.4 is 10.6 Å². The van der Waals surface area contributed by atoms with Crippen molar-refractivity contribution in [3.8, 4) is 0 Å². The summed E-state index contributed by atoms with van der Waals surface area (Å²) in [6, 6.07) is 4.29. The van der Waals surface area contributed by atoms with Crippen molar-refractivity contribution in [2.24, 2.45) is 10.4 Å². The second-order valence-electron chi connectivity index (χ2n) is 5.39. The van der Waals surface area contributed by atoms with Crippen molar-refractivity contribution in [2.75, 3.05) is 20.1 Å². The molecule has 0 bridgehead atoms. The molecule has 0 aromatic carbocycles. The first-order chi connectivity index (χ1) is 9.28. The van der Waals surface area contributed by atoms with Gasteiger partial charge in [0.25, 0.3) is 0 Å². The molecule has 0 radical (unpaired) electrons. The SMILES string of the molecule is CCC1(CNC(=NC)NCCc2cccs2)CCC1. The van der Waals surface area contributed by atoms with Gasteiger partial charge in [-0.2, -0.15) is 0 Å². The molecule has 1 heterocycles. The molecular formula is C15H25N3S. The van der Waals surface area contributed by atoms with E-state index in [-0.39, 0.29) is 0 Å². The number of rotatable bonds is 6. The Balaban J connectivity index is 1.68. The number of hydrogen-bond acceptors (Lipinski definition) is 2. The normalized spacial score (nSPS) is 17.9. The van der Waals surface area contributed by atoms with E-state index in [1.165, 1.54) is 30.6 Å². The van der Waals surface area contributed by atoms with Gasteiger partial charge in [-0.05, 0) is 42.5 Å². The van der Waals surface area contributed by atoms with Gasteiger partial charge in [0.2, 0.25) is 0 Å². The fourth-order valence-corrected chi connectivity index (χ4v) is 3.29. The number of nitrogens with zero attached hydrogens (tertiary/aromatic N) is 1. The number of guanidine groups is 1. The van der Waals surface area contributed by atoms with Crippen molar-refractivity contribution in [1.29, 1.82) is 0 Å². The van der Waals surface area contributed by atoms with Crippen molar-refractivity contribution < 1.29 is 0 Å². The minimum Gasteiger partial charge on any atom is -0.356 e. The molecule has 0 amide bonds. The highest BCUT2D eigenvalue weighted by molar-refractivity contribution is 7.09. The third-order valence-corrected chi connectivity index (χ3v) is 5.20. The quantitative estimate of drug-likeness (QED) is 0.620. The van der Waals surface area contributed by atoms with E-state index < -0.39 is 0 Å². The van der Waals surface area contributed by atoms with Crippen molar-refractivity contribution in [1.82, 2.24) is 10.6 Å². The minimum absolute atomic E-state index is 0.533. The molecule has 1 fully saturated rings. The largest absolute Gasteiger partial charge is 0.356 e. The first-order valence-electron chi connectivity index (χ1n) is 7.25. The van der Waals surface area contributed by atoms with Crippen molar-refractivity contribution in [3.05, 3.63) is 22.4 Å². The summed E-state index contributed by atoms with van der Waals surface area (Å²) in [5.41, 5.74) is 0.533. The highest BCUT2D eigenvalue weighted by Gasteiger charge is 2.34. The van der Waals surface area contributed by atoms with Gasteiger partial charge < -0.3 is 10.6 Å². The topological polar surface area (TPSA) is 36.4 Å². The van der Waals surface area contributed by atoms with Crippen LogP contribution in [-0.4, -0.2) is 26.1 Å². The lowest BCUT2D eigenvalue weighted by atomic mass is 9.67. The summed E-state index contributed by atoms with van der Waals surface area (Å²) in [5.74, 6) is 0.941. The number of nitrogens with one attached hydrogen (secondary N) is 2. The van der Waals surface area contributed by atoms with E-state index in [9.17, 15) is 0 Å². The molecule has 19 heavy (non-hydrogen) atoms. The van der Waals surface area contributed by atoms with E-state index >= 15 is 0 Å². The molecule has 2 N–H and O–H groups in total. The van der Waals surface area contributed by atoms with Gasteiger partial charge in [0, 0.05) is 25.0 Å². The molecule has 1 aromatic rings. The smallest absolute Gasteiger partial charge is 0.191 e. The Bertz CT molecular complexity index is 388. The summed E-state index contributed by atoms with van der Waals surface area (Å²) in [6.45, 7) is 4.30. The zero-order chi connectivity index (χ0) is 13.6. The second-order valence-corrected chi connectivity index (χ2v) is 6.42. The van der Waals surface area contributed by atoms with Gasteiger partial charge >= 0.3 is 0 Å². The lowest BCUT2D eigenvalue weighted by Crippen LogP contribution is -2.46. The lowest BCUT2D eigenvalue weighted by molar-refractivity contribution is 0.131. The van der Waals surface area contributed by atoms with Gasteiger partial charge in [-0.25, -0.2) is 0 Å². The Labute approximate surface area is 120 Å². The molecule has 0 atom stereocenters. The Morgan fingerprint density at radius 1 is 1.42 bits per heavy atom. The summed E-state index contributed by atoms with van der Waals surface area (Å²) in [6.07, 6.45) is 6.45.